The number of aryl methyl sites for hydroxylation is 1. The second kappa shape index (κ2) is 11.1. The standard InChI is InChI=1S/C21H26BrN5O3.ClH/c22-17-5-3-16(4-6-17)21(29)27-13-11-25(12-14-27)15-18-23-19(30-24-18)7-8-20(28)26-9-1-2-10-26;/h3-6H,1-2,7-15H2;1H. The van der Waals surface area contributed by atoms with Crippen LogP contribution < -0.4 is 0 Å². The average Bonchev–Trinajstić information content (AvgIpc) is 3.45. The lowest BCUT2D eigenvalue weighted by Gasteiger charge is -2.34. The molecule has 2 saturated heterocycles. The second-order valence-corrected chi connectivity index (χ2v) is 8.68. The number of hydrogen-bond donors (Lipinski definition) is 0. The summed E-state index contributed by atoms with van der Waals surface area (Å²) in [5.41, 5.74) is 0.706. The number of hydrogen-bond acceptors (Lipinski definition) is 6. The lowest BCUT2D eigenvalue weighted by molar-refractivity contribution is -0.130. The molecule has 3 heterocycles. The summed E-state index contributed by atoms with van der Waals surface area (Å²) in [6.45, 7) is 5.19. The van der Waals surface area contributed by atoms with E-state index in [1.54, 1.807) is 0 Å². The Morgan fingerprint density at radius 1 is 0.968 bits per heavy atom. The Morgan fingerprint density at radius 2 is 1.65 bits per heavy atom. The van der Waals surface area contributed by atoms with Crippen LogP contribution in [0.25, 0.3) is 0 Å². The molecule has 2 fully saturated rings. The molecule has 2 aromatic rings. The van der Waals surface area contributed by atoms with E-state index in [0.29, 0.717) is 49.8 Å². The van der Waals surface area contributed by atoms with Crippen LogP contribution in [0, 0.1) is 0 Å². The van der Waals surface area contributed by atoms with Gasteiger partial charge in [-0.3, -0.25) is 14.5 Å². The lowest BCUT2D eigenvalue weighted by Crippen LogP contribution is -2.48. The fourth-order valence-electron chi connectivity index (χ4n) is 3.88. The maximum absolute atomic E-state index is 12.6. The highest BCUT2D eigenvalue weighted by atomic mass is 79.9. The number of rotatable bonds is 6. The van der Waals surface area contributed by atoms with E-state index in [2.05, 4.69) is 31.0 Å². The Bertz CT molecular complexity index is 877. The predicted octanol–water partition coefficient (Wildman–Crippen LogP) is 2.77. The normalized spacial score (nSPS) is 16.9. The first-order valence-electron chi connectivity index (χ1n) is 10.4. The molecule has 0 bridgehead atoms. The Labute approximate surface area is 196 Å². The van der Waals surface area contributed by atoms with Crippen LogP contribution >= 0.6 is 28.3 Å². The first-order chi connectivity index (χ1) is 14.6. The number of benzene rings is 1. The smallest absolute Gasteiger partial charge is 0.253 e. The van der Waals surface area contributed by atoms with E-state index in [1.807, 2.05) is 34.1 Å². The van der Waals surface area contributed by atoms with Gasteiger partial charge in [-0.2, -0.15) is 4.98 Å². The van der Waals surface area contributed by atoms with Gasteiger partial charge < -0.3 is 14.3 Å². The molecule has 168 valence electrons. The topological polar surface area (TPSA) is 82.8 Å². The van der Waals surface area contributed by atoms with Crippen LogP contribution in [0.2, 0.25) is 0 Å². The van der Waals surface area contributed by atoms with Crippen molar-refractivity contribution in [2.45, 2.75) is 32.2 Å². The fraction of sp³-hybridized carbons (Fsp3) is 0.524. The van der Waals surface area contributed by atoms with E-state index >= 15 is 0 Å². The van der Waals surface area contributed by atoms with Crippen LogP contribution in [0.4, 0.5) is 0 Å². The number of halogens is 2. The van der Waals surface area contributed by atoms with Gasteiger partial charge in [-0.1, -0.05) is 21.1 Å². The zero-order valence-corrected chi connectivity index (χ0v) is 19.7. The summed E-state index contributed by atoms with van der Waals surface area (Å²) in [4.78, 5) is 35.2. The summed E-state index contributed by atoms with van der Waals surface area (Å²) in [5.74, 6) is 1.37. The number of nitrogens with zero attached hydrogens (tertiary/aromatic N) is 5. The summed E-state index contributed by atoms with van der Waals surface area (Å²) >= 11 is 3.39. The highest BCUT2D eigenvalue weighted by molar-refractivity contribution is 9.10. The van der Waals surface area contributed by atoms with Gasteiger partial charge in [0.05, 0.1) is 6.54 Å². The highest BCUT2D eigenvalue weighted by Crippen LogP contribution is 2.15. The van der Waals surface area contributed by atoms with Crippen LogP contribution in [-0.2, 0) is 17.8 Å². The third-order valence-electron chi connectivity index (χ3n) is 5.64. The monoisotopic (exact) mass is 511 g/mol. The van der Waals surface area contributed by atoms with E-state index in [4.69, 9.17) is 4.52 Å². The van der Waals surface area contributed by atoms with Crippen LogP contribution in [0.3, 0.4) is 0 Å². The molecule has 10 heteroatoms. The first-order valence-corrected chi connectivity index (χ1v) is 11.2. The average molecular weight is 513 g/mol. The van der Waals surface area contributed by atoms with Crippen molar-refractivity contribution in [1.29, 1.82) is 0 Å². The zero-order valence-electron chi connectivity index (χ0n) is 17.3. The maximum atomic E-state index is 12.6. The van der Waals surface area contributed by atoms with Gasteiger partial charge in [0.15, 0.2) is 5.82 Å². The van der Waals surface area contributed by atoms with E-state index in [9.17, 15) is 9.59 Å². The van der Waals surface area contributed by atoms with Crippen molar-refractivity contribution in [1.82, 2.24) is 24.8 Å². The molecule has 2 amide bonds. The Morgan fingerprint density at radius 3 is 2.32 bits per heavy atom. The summed E-state index contributed by atoms with van der Waals surface area (Å²) < 4.78 is 6.28. The van der Waals surface area contributed by atoms with E-state index in [-0.39, 0.29) is 24.2 Å². The maximum Gasteiger partial charge on any atom is 0.253 e. The van der Waals surface area contributed by atoms with Gasteiger partial charge in [-0.05, 0) is 37.1 Å². The van der Waals surface area contributed by atoms with Gasteiger partial charge >= 0.3 is 0 Å². The Balaban J connectivity index is 0.00000272. The number of piperazine rings is 1. The molecule has 2 aliphatic rings. The molecule has 0 N–H and O–H groups in total. The molecule has 31 heavy (non-hydrogen) atoms. The van der Waals surface area contributed by atoms with Gasteiger partial charge in [-0.25, -0.2) is 0 Å². The van der Waals surface area contributed by atoms with Gasteiger partial charge in [0, 0.05) is 62.1 Å². The first kappa shape index (κ1) is 23.7. The minimum absolute atomic E-state index is 0. The van der Waals surface area contributed by atoms with Gasteiger partial charge in [0.25, 0.3) is 5.91 Å². The van der Waals surface area contributed by atoms with Crippen LogP contribution in [0.15, 0.2) is 33.3 Å². The summed E-state index contributed by atoms with van der Waals surface area (Å²) in [7, 11) is 0. The molecule has 0 spiro atoms. The van der Waals surface area contributed by atoms with Crippen LogP contribution in [0.5, 0.6) is 0 Å². The highest BCUT2D eigenvalue weighted by Gasteiger charge is 2.23. The number of carbonyl (C=O) groups excluding carboxylic acids is 2. The van der Waals surface area contributed by atoms with Gasteiger partial charge in [-0.15, -0.1) is 12.4 Å². The van der Waals surface area contributed by atoms with E-state index in [0.717, 1.165) is 43.5 Å². The third kappa shape index (κ3) is 6.27. The largest absolute Gasteiger partial charge is 0.343 e. The van der Waals surface area contributed by atoms with Crippen molar-refractivity contribution in [3.63, 3.8) is 0 Å². The lowest BCUT2D eigenvalue weighted by atomic mass is 10.2. The molecule has 1 aromatic carbocycles. The molecule has 0 radical (unpaired) electrons. The molecule has 0 saturated carbocycles. The zero-order chi connectivity index (χ0) is 20.9. The van der Waals surface area contributed by atoms with Crippen molar-refractivity contribution < 1.29 is 14.1 Å². The molecule has 0 aliphatic carbocycles. The second-order valence-electron chi connectivity index (χ2n) is 7.77. The van der Waals surface area contributed by atoms with E-state index < -0.39 is 0 Å². The van der Waals surface area contributed by atoms with Gasteiger partial charge in [0.1, 0.15) is 0 Å². The molecule has 0 unspecified atom stereocenters. The van der Waals surface area contributed by atoms with Crippen LogP contribution in [0.1, 0.15) is 41.3 Å². The van der Waals surface area contributed by atoms with Crippen molar-refractivity contribution in [3.05, 3.63) is 46.0 Å². The van der Waals surface area contributed by atoms with Gasteiger partial charge in [0.2, 0.25) is 11.8 Å². The van der Waals surface area contributed by atoms with Crippen molar-refractivity contribution >= 4 is 40.2 Å². The minimum atomic E-state index is 0. The predicted molar refractivity (Wildman–Crippen MR) is 121 cm³/mol. The third-order valence-corrected chi connectivity index (χ3v) is 6.17. The molecular weight excluding hydrogens is 486 g/mol. The molecule has 2 aliphatic heterocycles. The minimum Gasteiger partial charge on any atom is -0.343 e. The van der Waals surface area contributed by atoms with Crippen molar-refractivity contribution in [2.75, 3.05) is 39.3 Å². The molecular formula is C21H27BrClN5O3. The summed E-state index contributed by atoms with van der Waals surface area (Å²) in [5, 5.41) is 4.06. The molecule has 8 nitrogen and oxygen atoms in total. The summed E-state index contributed by atoms with van der Waals surface area (Å²) in [6.07, 6.45) is 3.09. The van der Waals surface area contributed by atoms with Crippen molar-refractivity contribution in [2.24, 2.45) is 0 Å². The van der Waals surface area contributed by atoms with E-state index in [1.165, 1.54) is 0 Å². The summed E-state index contributed by atoms with van der Waals surface area (Å²) in [6, 6.07) is 7.45. The quantitative estimate of drug-likeness (QED) is 0.592. The SMILES string of the molecule is Cl.O=C(CCc1nc(CN2CCN(C(=O)c3ccc(Br)cc3)CC2)no1)N1CCCC1. The Hall–Kier alpha value is -1.97. The molecule has 1 aromatic heterocycles. The fourth-order valence-corrected chi connectivity index (χ4v) is 4.14. The van der Waals surface area contributed by atoms with Crippen molar-refractivity contribution in [3.8, 4) is 0 Å². The number of amides is 2. The number of aromatic nitrogens is 2. The number of likely N-dealkylation sites (tertiary alicyclic amines) is 1. The number of carbonyl (C=O) groups is 2. The molecule has 4 rings (SSSR count). The Kier molecular flexibility index (Phi) is 8.45. The molecule has 0 atom stereocenters. The van der Waals surface area contributed by atoms with Crippen LogP contribution in [-0.4, -0.2) is 75.9 Å².